The first kappa shape index (κ1) is 10.7. The Labute approximate surface area is 94.7 Å². The van der Waals surface area contributed by atoms with Gasteiger partial charge < -0.3 is 15.3 Å². The van der Waals surface area contributed by atoms with Crippen LogP contribution in [0.15, 0.2) is 18.2 Å². The van der Waals surface area contributed by atoms with E-state index in [2.05, 4.69) is 10.2 Å². The van der Waals surface area contributed by atoms with Crippen molar-refractivity contribution in [3.8, 4) is 0 Å². The molecule has 0 aliphatic carbocycles. The number of nitrogens with one attached hydrogen (secondary N) is 1. The second-order valence-corrected chi connectivity index (χ2v) is 4.10. The first-order valence-corrected chi connectivity index (χ1v) is 5.54. The Hall–Kier alpha value is -0.770. The van der Waals surface area contributed by atoms with E-state index in [-0.39, 0.29) is 6.61 Å². The molecule has 0 saturated carbocycles. The number of aliphatic hydroxyl groups is 1. The summed E-state index contributed by atoms with van der Waals surface area (Å²) in [4.78, 5) is 2.26. The van der Waals surface area contributed by atoms with Crippen LogP contribution in [0, 0.1) is 0 Å². The molecule has 15 heavy (non-hydrogen) atoms. The van der Waals surface area contributed by atoms with Gasteiger partial charge in [-0.1, -0.05) is 17.7 Å². The van der Waals surface area contributed by atoms with Crippen LogP contribution in [0.3, 0.4) is 0 Å². The Morgan fingerprint density at radius 3 is 2.73 bits per heavy atom. The summed E-state index contributed by atoms with van der Waals surface area (Å²) < 4.78 is 0. The molecule has 1 aromatic rings. The summed E-state index contributed by atoms with van der Waals surface area (Å²) in [6, 6.07) is 5.64. The van der Waals surface area contributed by atoms with Crippen molar-refractivity contribution in [1.29, 1.82) is 0 Å². The molecule has 0 radical (unpaired) electrons. The lowest BCUT2D eigenvalue weighted by molar-refractivity contribution is 0.282. The molecular weight excluding hydrogens is 212 g/mol. The first-order chi connectivity index (χ1) is 7.31. The van der Waals surface area contributed by atoms with Crippen molar-refractivity contribution in [2.24, 2.45) is 0 Å². The largest absolute Gasteiger partial charge is 0.392 e. The summed E-state index contributed by atoms with van der Waals surface area (Å²) in [7, 11) is 0. The maximum absolute atomic E-state index is 9.25. The summed E-state index contributed by atoms with van der Waals surface area (Å²) in [6.45, 7) is 3.96. The van der Waals surface area contributed by atoms with Gasteiger partial charge in [0.2, 0.25) is 0 Å². The molecule has 0 bridgehead atoms. The number of halogens is 1. The lowest BCUT2D eigenvalue weighted by Crippen LogP contribution is -2.43. The van der Waals surface area contributed by atoms with Crippen molar-refractivity contribution >= 4 is 17.3 Å². The fourth-order valence-corrected chi connectivity index (χ4v) is 2.04. The van der Waals surface area contributed by atoms with Gasteiger partial charge in [0.15, 0.2) is 0 Å². The summed E-state index contributed by atoms with van der Waals surface area (Å²) >= 11 is 5.97. The van der Waals surface area contributed by atoms with Gasteiger partial charge in [-0.15, -0.1) is 0 Å². The minimum Gasteiger partial charge on any atom is -0.392 e. The van der Waals surface area contributed by atoms with E-state index in [4.69, 9.17) is 11.6 Å². The topological polar surface area (TPSA) is 35.5 Å². The molecule has 82 valence electrons. The molecule has 4 heteroatoms. The van der Waals surface area contributed by atoms with Crippen molar-refractivity contribution < 1.29 is 5.11 Å². The van der Waals surface area contributed by atoms with Gasteiger partial charge in [-0.3, -0.25) is 0 Å². The smallest absolute Gasteiger partial charge is 0.0702 e. The third kappa shape index (κ3) is 2.43. The predicted octanol–water partition coefficient (Wildman–Crippen LogP) is 1.24. The van der Waals surface area contributed by atoms with Crippen molar-refractivity contribution in [2.75, 3.05) is 31.1 Å². The molecule has 2 rings (SSSR count). The lowest BCUT2D eigenvalue weighted by Gasteiger charge is -2.31. The molecular formula is C11H15ClN2O. The summed E-state index contributed by atoms with van der Waals surface area (Å²) in [5.74, 6) is 0. The Kier molecular flexibility index (Phi) is 3.46. The van der Waals surface area contributed by atoms with Crippen LogP contribution < -0.4 is 10.2 Å². The van der Waals surface area contributed by atoms with Crippen LogP contribution in [-0.2, 0) is 6.61 Å². The monoisotopic (exact) mass is 226 g/mol. The third-order valence-electron chi connectivity index (χ3n) is 2.68. The molecule has 1 aliphatic heterocycles. The fraction of sp³-hybridized carbons (Fsp3) is 0.455. The summed E-state index contributed by atoms with van der Waals surface area (Å²) in [5, 5.41) is 13.3. The maximum Gasteiger partial charge on any atom is 0.0702 e. The number of hydrogen-bond acceptors (Lipinski definition) is 3. The molecule has 2 N–H and O–H groups in total. The van der Waals surface area contributed by atoms with E-state index in [0.29, 0.717) is 0 Å². The van der Waals surface area contributed by atoms with Crippen LogP contribution in [0.25, 0.3) is 0 Å². The Bertz CT molecular complexity index is 337. The highest BCUT2D eigenvalue weighted by atomic mass is 35.5. The molecule has 1 aromatic carbocycles. The number of anilines is 1. The number of aliphatic hydroxyl groups excluding tert-OH is 1. The van der Waals surface area contributed by atoms with Gasteiger partial charge in [0, 0.05) is 42.5 Å². The van der Waals surface area contributed by atoms with Crippen LogP contribution in [0.1, 0.15) is 5.56 Å². The molecule has 0 amide bonds. The minimum atomic E-state index is 0.0659. The number of benzene rings is 1. The number of hydrogen-bond donors (Lipinski definition) is 2. The van der Waals surface area contributed by atoms with E-state index in [0.717, 1.165) is 42.5 Å². The van der Waals surface area contributed by atoms with Gasteiger partial charge in [0.1, 0.15) is 0 Å². The van der Waals surface area contributed by atoms with Crippen LogP contribution >= 0.6 is 11.6 Å². The van der Waals surface area contributed by atoms with Crippen molar-refractivity contribution in [1.82, 2.24) is 5.32 Å². The van der Waals surface area contributed by atoms with Crippen LogP contribution in [0.2, 0.25) is 5.02 Å². The molecule has 0 atom stereocenters. The normalized spacial score (nSPS) is 16.8. The van der Waals surface area contributed by atoms with Gasteiger partial charge in [-0.25, -0.2) is 0 Å². The Morgan fingerprint density at radius 2 is 2.07 bits per heavy atom. The third-order valence-corrected chi connectivity index (χ3v) is 2.91. The molecule has 1 fully saturated rings. The van der Waals surface area contributed by atoms with Crippen LogP contribution in [-0.4, -0.2) is 31.3 Å². The molecule has 1 saturated heterocycles. The highest BCUT2D eigenvalue weighted by Gasteiger charge is 2.13. The van der Waals surface area contributed by atoms with Gasteiger partial charge in [0.25, 0.3) is 0 Å². The summed E-state index contributed by atoms with van der Waals surface area (Å²) in [6.07, 6.45) is 0. The highest BCUT2D eigenvalue weighted by molar-refractivity contribution is 6.30. The second-order valence-electron chi connectivity index (χ2n) is 3.67. The van der Waals surface area contributed by atoms with Crippen LogP contribution in [0.5, 0.6) is 0 Å². The van der Waals surface area contributed by atoms with Gasteiger partial charge >= 0.3 is 0 Å². The predicted molar refractivity (Wildman–Crippen MR) is 62.5 cm³/mol. The zero-order valence-electron chi connectivity index (χ0n) is 8.54. The van der Waals surface area contributed by atoms with E-state index in [1.54, 1.807) is 0 Å². The Balaban J connectivity index is 2.27. The van der Waals surface area contributed by atoms with Gasteiger partial charge in [-0.05, 0) is 12.1 Å². The minimum absolute atomic E-state index is 0.0659. The molecule has 3 nitrogen and oxygen atoms in total. The first-order valence-electron chi connectivity index (χ1n) is 5.16. The van der Waals surface area contributed by atoms with Crippen molar-refractivity contribution in [2.45, 2.75) is 6.61 Å². The van der Waals surface area contributed by atoms with Crippen LogP contribution in [0.4, 0.5) is 5.69 Å². The van der Waals surface area contributed by atoms with Gasteiger partial charge in [0.05, 0.1) is 6.61 Å². The molecule has 1 aliphatic rings. The quantitative estimate of drug-likeness (QED) is 0.797. The number of nitrogens with zero attached hydrogens (tertiary/aromatic N) is 1. The fourth-order valence-electron chi connectivity index (χ4n) is 1.87. The Morgan fingerprint density at radius 1 is 1.33 bits per heavy atom. The van der Waals surface area contributed by atoms with E-state index in [9.17, 15) is 5.11 Å². The average Bonchev–Trinajstić information content (AvgIpc) is 2.30. The molecule has 1 heterocycles. The van der Waals surface area contributed by atoms with E-state index in [1.807, 2.05) is 18.2 Å². The SMILES string of the molecule is OCc1ccc(Cl)cc1N1CCNCC1. The zero-order valence-corrected chi connectivity index (χ0v) is 9.30. The van der Waals surface area contributed by atoms with Crippen molar-refractivity contribution in [3.05, 3.63) is 28.8 Å². The zero-order chi connectivity index (χ0) is 10.7. The molecule has 0 spiro atoms. The summed E-state index contributed by atoms with van der Waals surface area (Å²) in [5.41, 5.74) is 2.01. The maximum atomic E-state index is 9.25. The van der Waals surface area contributed by atoms with E-state index >= 15 is 0 Å². The highest BCUT2D eigenvalue weighted by Crippen LogP contribution is 2.25. The van der Waals surface area contributed by atoms with Gasteiger partial charge in [-0.2, -0.15) is 0 Å². The average molecular weight is 227 g/mol. The van der Waals surface area contributed by atoms with Crippen molar-refractivity contribution in [3.63, 3.8) is 0 Å². The standard InChI is InChI=1S/C11H15ClN2O/c12-10-2-1-9(8-15)11(7-10)14-5-3-13-4-6-14/h1-2,7,13,15H,3-6,8H2. The van der Waals surface area contributed by atoms with E-state index < -0.39 is 0 Å². The molecule has 0 unspecified atom stereocenters. The number of rotatable bonds is 2. The molecule has 0 aromatic heterocycles. The number of piperazine rings is 1. The lowest BCUT2D eigenvalue weighted by atomic mass is 10.1. The second kappa shape index (κ2) is 4.84. The van der Waals surface area contributed by atoms with E-state index in [1.165, 1.54) is 0 Å².